The third kappa shape index (κ3) is 4.80. The van der Waals surface area contributed by atoms with Crippen molar-refractivity contribution < 1.29 is 33.8 Å². The SMILES string of the molecule is COc1cc(C2C3=CCC4C(=O)N(C5CCN(Cc6ccccc6)CC5)C(=O)C4C3CC3=C2C(=O)C=C(C)C3=O)cc(OC)c1O. The summed E-state index contributed by atoms with van der Waals surface area (Å²) in [6, 6.07) is 13.4. The number of carbonyl (C=O) groups is 4. The number of hydrogen-bond acceptors (Lipinski definition) is 8. The summed E-state index contributed by atoms with van der Waals surface area (Å²) < 4.78 is 10.9. The summed E-state index contributed by atoms with van der Waals surface area (Å²) in [5.41, 5.74) is 3.85. The summed E-state index contributed by atoms with van der Waals surface area (Å²) in [7, 11) is 2.87. The lowest BCUT2D eigenvalue weighted by Crippen LogP contribution is -2.47. The van der Waals surface area contributed by atoms with Crippen LogP contribution in [0, 0.1) is 17.8 Å². The van der Waals surface area contributed by atoms with Crippen molar-refractivity contribution in [2.45, 2.75) is 51.1 Å². The Kier molecular flexibility index (Phi) is 7.67. The Bertz CT molecular complexity index is 1710. The van der Waals surface area contributed by atoms with Gasteiger partial charge >= 0.3 is 0 Å². The molecule has 2 fully saturated rings. The van der Waals surface area contributed by atoms with Crippen LogP contribution in [0.3, 0.4) is 0 Å². The molecule has 4 atom stereocenters. The molecule has 0 saturated carbocycles. The van der Waals surface area contributed by atoms with Gasteiger partial charge in [0.2, 0.25) is 17.6 Å². The number of piperidine rings is 1. The van der Waals surface area contributed by atoms with E-state index in [2.05, 4.69) is 17.0 Å². The molecule has 4 unspecified atom stereocenters. The van der Waals surface area contributed by atoms with Crippen molar-refractivity contribution >= 4 is 23.4 Å². The van der Waals surface area contributed by atoms with E-state index in [1.54, 1.807) is 19.1 Å². The van der Waals surface area contributed by atoms with Gasteiger partial charge in [-0.15, -0.1) is 0 Å². The average Bonchev–Trinajstić information content (AvgIpc) is 3.33. The van der Waals surface area contributed by atoms with Gasteiger partial charge in [-0.2, -0.15) is 0 Å². The van der Waals surface area contributed by atoms with Crippen molar-refractivity contribution in [1.82, 2.24) is 9.80 Å². The van der Waals surface area contributed by atoms with E-state index in [9.17, 15) is 24.3 Å². The van der Waals surface area contributed by atoms with E-state index in [1.807, 2.05) is 24.3 Å². The summed E-state index contributed by atoms with van der Waals surface area (Å²) in [6.07, 6.45) is 5.43. The van der Waals surface area contributed by atoms with Crippen LogP contribution >= 0.6 is 0 Å². The summed E-state index contributed by atoms with van der Waals surface area (Å²) >= 11 is 0. The first-order valence-electron chi connectivity index (χ1n) is 16.0. The van der Waals surface area contributed by atoms with E-state index in [0.29, 0.717) is 28.7 Å². The number of ketones is 2. The standard InChI is InChI=1S/C37H38N2O7/c1-20-15-28(40)33-27(34(20)41)18-26-24(31(33)22-16-29(45-2)35(42)30(17-22)46-3)9-10-25-32(26)37(44)39(36(25)43)23-11-13-38(14-12-23)19-21-7-5-4-6-8-21/h4-9,15-17,23,25-26,31-32,42H,10-14,18-19H2,1-3H3. The fraction of sp³-hybridized carbons (Fsp3) is 0.405. The van der Waals surface area contributed by atoms with Gasteiger partial charge in [0.05, 0.1) is 26.1 Å². The number of methoxy groups -OCH3 is 2. The maximum Gasteiger partial charge on any atom is 0.233 e. The highest BCUT2D eigenvalue weighted by atomic mass is 16.5. The molecule has 9 nitrogen and oxygen atoms in total. The van der Waals surface area contributed by atoms with Gasteiger partial charge < -0.3 is 14.6 Å². The lowest BCUT2D eigenvalue weighted by atomic mass is 9.59. The molecule has 0 spiro atoms. The first-order chi connectivity index (χ1) is 22.2. The van der Waals surface area contributed by atoms with Crippen LogP contribution in [0.2, 0.25) is 0 Å². The van der Waals surface area contributed by atoms with Gasteiger partial charge in [-0.1, -0.05) is 42.0 Å². The van der Waals surface area contributed by atoms with Crippen LogP contribution in [0.15, 0.2) is 76.9 Å². The van der Waals surface area contributed by atoms with Crippen molar-refractivity contribution in [3.8, 4) is 17.2 Å². The van der Waals surface area contributed by atoms with Gasteiger partial charge in [-0.25, -0.2) is 0 Å². The van der Waals surface area contributed by atoms with Crippen LogP contribution in [-0.2, 0) is 25.7 Å². The summed E-state index contributed by atoms with van der Waals surface area (Å²) in [6.45, 7) is 4.06. The van der Waals surface area contributed by atoms with Crippen molar-refractivity contribution in [2.75, 3.05) is 27.3 Å². The summed E-state index contributed by atoms with van der Waals surface area (Å²) in [4.78, 5) is 59.4. The molecule has 3 aliphatic carbocycles. The lowest BCUT2D eigenvalue weighted by molar-refractivity contribution is -0.144. The number of allylic oxidation sites excluding steroid dienone is 6. The predicted molar refractivity (Wildman–Crippen MR) is 169 cm³/mol. The molecule has 238 valence electrons. The van der Waals surface area contributed by atoms with E-state index in [-0.39, 0.29) is 53.1 Å². The second-order valence-electron chi connectivity index (χ2n) is 13.0. The normalized spacial score (nSPS) is 26.8. The molecule has 7 rings (SSSR count). The van der Waals surface area contributed by atoms with E-state index in [1.165, 1.54) is 30.8 Å². The molecule has 2 aromatic rings. The largest absolute Gasteiger partial charge is 0.502 e. The fourth-order valence-electron chi connectivity index (χ4n) is 8.40. The zero-order valence-corrected chi connectivity index (χ0v) is 26.3. The first-order valence-corrected chi connectivity index (χ1v) is 16.0. The topological polar surface area (TPSA) is 113 Å². The zero-order chi connectivity index (χ0) is 32.3. The molecular formula is C37H38N2O7. The summed E-state index contributed by atoms with van der Waals surface area (Å²) in [5.74, 6) is -2.76. The minimum Gasteiger partial charge on any atom is -0.502 e. The number of nitrogens with zero attached hydrogens (tertiary/aromatic N) is 2. The average molecular weight is 623 g/mol. The van der Waals surface area contributed by atoms with Crippen LogP contribution in [0.25, 0.3) is 0 Å². The molecule has 2 aromatic carbocycles. The maximum atomic E-state index is 14.3. The molecule has 9 heteroatoms. The molecule has 2 saturated heterocycles. The number of phenols is 1. The Morgan fingerprint density at radius 3 is 2.24 bits per heavy atom. The predicted octanol–water partition coefficient (Wildman–Crippen LogP) is 4.50. The Balaban J connectivity index is 1.21. The number of carbonyl (C=O) groups excluding carboxylic acids is 4. The third-order valence-corrected chi connectivity index (χ3v) is 10.6. The van der Waals surface area contributed by atoms with Crippen molar-refractivity contribution in [3.05, 3.63) is 88.0 Å². The van der Waals surface area contributed by atoms with E-state index >= 15 is 0 Å². The number of fused-ring (bicyclic) bond motifs is 3. The monoisotopic (exact) mass is 622 g/mol. The number of amides is 2. The van der Waals surface area contributed by atoms with Gasteiger partial charge in [-0.3, -0.25) is 29.0 Å². The number of imide groups is 1. The minimum absolute atomic E-state index is 0.127. The van der Waals surface area contributed by atoms with Gasteiger partial charge in [0.25, 0.3) is 0 Å². The number of rotatable bonds is 6. The first kappa shape index (κ1) is 30.2. The highest BCUT2D eigenvalue weighted by Crippen LogP contribution is 2.56. The molecule has 2 aliphatic heterocycles. The van der Waals surface area contributed by atoms with Crippen LogP contribution in [0.1, 0.15) is 49.7 Å². The molecule has 2 amide bonds. The Hall–Kier alpha value is -4.50. The molecule has 0 radical (unpaired) electrons. The van der Waals surface area contributed by atoms with Crippen LogP contribution in [0.5, 0.6) is 17.2 Å². The minimum atomic E-state index is -0.655. The fourth-order valence-corrected chi connectivity index (χ4v) is 8.40. The van der Waals surface area contributed by atoms with Crippen molar-refractivity contribution in [3.63, 3.8) is 0 Å². The Morgan fingerprint density at radius 2 is 1.59 bits per heavy atom. The number of phenolic OH excluding ortho intramolecular Hbond substituents is 1. The van der Waals surface area contributed by atoms with Crippen LogP contribution < -0.4 is 9.47 Å². The Labute approximate surface area is 268 Å². The molecule has 2 heterocycles. The highest BCUT2D eigenvalue weighted by molar-refractivity contribution is 6.23. The van der Waals surface area contributed by atoms with Gasteiger partial charge in [0.1, 0.15) is 0 Å². The Morgan fingerprint density at radius 1 is 0.913 bits per heavy atom. The van der Waals surface area contributed by atoms with E-state index < -0.39 is 23.7 Å². The highest BCUT2D eigenvalue weighted by Gasteiger charge is 2.57. The van der Waals surface area contributed by atoms with Crippen molar-refractivity contribution in [1.29, 1.82) is 0 Å². The molecule has 5 aliphatic rings. The van der Waals surface area contributed by atoms with Gasteiger partial charge in [0, 0.05) is 48.3 Å². The van der Waals surface area contributed by atoms with Crippen LogP contribution in [-0.4, -0.2) is 71.6 Å². The third-order valence-electron chi connectivity index (χ3n) is 10.6. The molecular weight excluding hydrogens is 584 g/mol. The zero-order valence-electron chi connectivity index (χ0n) is 26.3. The number of benzene rings is 2. The second-order valence-corrected chi connectivity index (χ2v) is 13.0. The number of ether oxygens (including phenoxy) is 2. The molecule has 1 N–H and O–H groups in total. The van der Waals surface area contributed by atoms with Gasteiger partial charge in [0.15, 0.2) is 23.1 Å². The number of likely N-dealkylation sites (tertiary alicyclic amines) is 2. The lowest BCUT2D eigenvalue weighted by Gasteiger charge is -2.42. The molecule has 0 aromatic heterocycles. The quantitative estimate of drug-likeness (QED) is 0.285. The maximum absolute atomic E-state index is 14.3. The molecule has 0 bridgehead atoms. The smallest absolute Gasteiger partial charge is 0.233 e. The van der Waals surface area contributed by atoms with E-state index in [0.717, 1.165) is 38.0 Å². The number of aromatic hydroxyl groups is 1. The number of Topliss-reactive ketones (excluding diaryl/α,β-unsaturated/α-hetero) is 1. The van der Waals surface area contributed by atoms with Gasteiger partial charge in [-0.05, 0) is 67.9 Å². The van der Waals surface area contributed by atoms with Crippen molar-refractivity contribution in [2.24, 2.45) is 17.8 Å². The summed E-state index contributed by atoms with van der Waals surface area (Å²) in [5, 5.41) is 10.6. The van der Waals surface area contributed by atoms with Crippen LogP contribution in [0.4, 0.5) is 0 Å². The second kappa shape index (κ2) is 11.7. The molecule has 46 heavy (non-hydrogen) atoms. The number of hydrogen-bond donors (Lipinski definition) is 1. The van der Waals surface area contributed by atoms with E-state index in [4.69, 9.17) is 9.47 Å².